The molecule has 1 fully saturated rings. The highest BCUT2D eigenvalue weighted by Crippen LogP contribution is 2.16. The Bertz CT molecular complexity index is 201. The highest BCUT2D eigenvalue weighted by molar-refractivity contribution is 5.74. The van der Waals surface area contributed by atoms with E-state index in [1.54, 1.807) is 0 Å². The first kappa shape index (κ1) is 8.02. The molecule has 11 heavy (non-hydrogen) atoms. The Morgan fingerprint density at radius 1 is 1.82 bits per heavy atom. The van der Waals surface area contributed by atoms with Crippen LogP contribution in [-0.2, 0) is 9.53 Å². The predicted octanol–water partition coefficient (Wildman–Crippen LogP) is -0.195. The second-order valence-electron chi connectivity index (χ2n) is 2.68. The quantitative estimate of drug-likeness (QED) is 0.569. The van der Waals surface area contributed by atoms with Crippen LogP contribution in [0.2, 0.25) is 0 Å². The van der Waals surface area contributed by atoms with E-state index in [2.05, 4.69) is 11.4 Å². The molecule has 0 aliphatic carbocycles. The first-order valence-electron chi connectivity index (χ1n) is 3.46. The van der Waals surface area contributed by atoms with Gasteiger partial charge in [-0.3, -0.25) is 4.79 Å². The van der Waals surface area contributed by atoms with E-state index in [1.165, 1.54) is 6.92 Å². The normalized spacial score (nSPS) is 29.5. The van der Waals surface area contributed by atoms with Gasteiger partial charge in [0.05, 0.1) is 19.3 Å². The summed E-state index contributed by atoms with van der Waals surface area (Å²) >= 11 is 0. The number of nitrogens with one attached hydrogen (secondary N) is 1. The molecule has 1 aliphatic rings. The molecule has 1 unspecified atom stereocenters. The Morgan fingerprint density at radius 3 is 2.91 bits per heavy atom. The van der Waals surface area contributed by atoms with E-state index < -0.39 is 5.54 Å². The highest BCUT2D eigenvalue weighted by Gasteiger charge is 2.35. The smallest absolute Gasteiger partial charge is 0.218 e. The number of nitriles is 1. The zero-order chi connectivity index (χ0) is 8.32. The van der Waals surface area contributed by atoms with Crippen LogP contribution < -0.4 is 5.32 Å². The fourth-order valence-electron chi connectivity index (χ4n) is 1.12. The molecule has 1 saturated heterocycles. The van der Waals surface area contributed by atoms with E-state index in [-0.39, 0.29) is 5.91 Å². The van der Waals surface area contributed by atoms with Crippen molar-refractivity contribution in [3.63, 3.8) is 0 Å². The average molecular weight is 154 g/mol. The fourth-order valence-corrected chi connectivity index (χ4v) is 1.12. The number of ether oxygens (including phenoxy) is 1. The minimum absolute atomic E-state index is 0.183. The molecule has 0 aromatic rings. The molecule has 0 aromatic heterocycles. The van der Waals surface area contributed by atoms with Crippen LogP contribution in [0.25, 0.3) is 0 Å². The number of carbonyl (C=O) groups excluding carboxylic acids is 1. The lowest BCUT2D eigenvalue weighted by atomic mass is 10.0. The van der Waals surface area contributed by atoms with E-state index >= 15 is 0 Å². The van der Waals surface area contributed by atoms with Crippen LogP contribution in [0.3, 0.4) is 0 Å². The molecule has 0 saturated carbocycles. The standard InChI is InChI=1S/C7H10N2O2/c1-6(10)9-7(4-8)2-3-11-5-7/h2-3,5H2,1H3,(H,9,10). The Labute approximate surface area is 65.1 Å². The Morgan fingerprint density at radius 2 is 2.55 bits per heavy atom. The van der Waals surface area contributed by atoms with E-state index in [1.807, 2.05) is 0 Å². The van der Waals surface area contributed by atoms with E-state index in [4.69, 9.17) is 10.00 Å². The monoisotopic (exact) mass is 154 g/mol. The summed E-state index contributed by atoms with van der Waals surface area (Å²) in [7, 11) is 0. The Kier molecular flexibility index (Phi) is 2.11. The molecule has 0 radical (unpaired) electrons. The van der Waals surface area contributed by atoms with Gasteiger partial charge in [0.1, 0.15) is 0 Å². The van der Waals surface area contributed by atoms with Gasteiger partial charge in [0.2, 0.25) is 5.91 Å². The van der Waals surface area contributed by atoms with Crippen molar-refractivity contribution in [1.82, 2.24) is 5.32 Å². The Balaban J connectivity index is 2.61. The minimum Gasteiger partial charge on any atom is -0.378 e. The van der Waals surface area contributed by atoms with Crippen LogP contribution in [-0.4, -0.2) is 24.7 Å². The molecule has 4 nitrogen and oxygen atoms in total. The third-order valence-corrected chi connectivity index (χ3v) is 1.65. The van der Waals surface area contributed by atoms with Crippen molar-refractivity contribution in [3.8, 4) is 6.07 Å². The molecular weight excluding hydrogens is 144 g/mol. The zero-order valence-corrected chi connectivity index (χ0v) is 6.39. The molecular formula is C7H10N2O2. The SMILES string of the molecule is CC(=O)NC1(C#N)CCOC1. The number of rotatable bonds is 1. The van der Waals surface area contributed by atoms with Crippen LogP contribution >= 0.6 is 0 Å². The molecule has 1 aliphatic heterocycles. The number of amides is 1. The first-order valence-corrected chi connectivity index (χ1v) is 3.46. The minimum atomic E-state index is -0.758. The van der Waals surface area contributed by atoms with Gasteiger partial charge in [0.25, 0.3) is 0 Å². The number of nitrogens with zero attached hydrogens (tertiary/aromatic N) is 1. The molecule has 60 valence electrons. The lowest BCUT2D eigenvalue weighted by molar-refractivity contribution is -0.120. The maximum atomic E-state index is 10.6. The summed E-state index contributed by atoms with van der Waals surface area (Å²) in [4.78, 5) is 10.6. The lowest BCUT2D eigenvalue weighted by Gasteiger charge is -2.18. The average Bonchev–Trinajstić information content (AvgIpc) is 2.36. The maximum absolute atomic E-state index is 10.6. The van der Waals surface area contributed by atoms with Gasteiger partial charge in [0, 0.05) is 13.3 Å². The molecule has 1 atom stereocenters. The molecule has 1 N–H and O–H groups in total. The van der Waals surface area contributed by atoms with Gasteiger partial charge in [0.15, 0.2) is 5.54 Å². The summed E-state index contributed by atoms with van der Waals surface area (Å²) in [6, 6.07) is 2.05. The van der Waals surface area contributed by atoms with Gasteiger partial charge in [-0.25, -0.2) is 0 Å². The van der Waals surface area contributed by atoms with Crippen molar-refractivity contribution in [1.29, 1.82) is 5.26 Å². The number of hydrogen-bond acceptors (Lipinski definition) is 3. The molecule has 1 heterocycles. The highest BCUT2D eigenvalue weighted by atomic mass is 16.5. The van der Waals surface area contributed by atoms with Gasteiger partial charge in [-0.15, -0.1) is 0 Å². The molecule has 0 spiro atoms. The Hall–Kier alpha value is -1.08. The topological polar surface area (TPSA) is 62.1 Å². The predicted molar refractivity (Wildman–Crippen MR) is 37.6 cm³/mol. The van der Waals surface area contributed by atoms with E-state index in [9.17, 15) is 4.79 Å². The van der Waals surface area contributed by atoms with Crippen molar-refractivity contribution in [2.75, 3.05) is 13.2 Å². The second-order valence-corrected chi connectivity index (χ2v) is 2.68. The van der Waals surface area contributed by atoms with E-state index in [0.717, 1.165) is 0 Å². The molecule has 1 amide bonds. The van der Waals surface area contributed by atoms with Crippen LogP contribution in [0.1, 0.15) is 13.3 Å². The molecule has 0 bridgehead atoms. The summed E-state index contributed by atoms with van der Waals surface area (Å²) in [5.41, 5.74) is -0.758. The van der Waals surface area contributed by atoms with Crippen molar-refractivity contribution < 1.29 is 9.53 Å². The van der Waals surface area contributed by atoms with Crippen molar-refractivity contribution in [2.24, 2.45) is 0 Å². The zero-order valence-electron chi connectivity index (χ0n) is 6.39. The summed E-state index contributed by atoms with van der Waals surface area (Å²) < 4.78 is 5.02. The summed E-state index contributed by atoms with van der Waals surface area (Å²) in [6.45, 7) is 2.26. The summed E-state index contributed by atoms with van der Waals surface area (Å²) in [6.07, 6.45) is 0.586. The molecule has 1 rings (SSSR count). The van der Waals surface area contributed by atoms with Crippen molar-refractivity contribution in [3.05, 3.63) is 0 Å². The first-order chi connectivity index (χ1) is 5.18. The van der Waals surface area contributed by atoms with Gasteiger partial charge < -0.3 is 10.1 Å². The number of hydrogen-bond donors (Lipinski definition) is 1. The van der Waals surface area contributed by atoms with Gasteiger partial charge in [-0.2, -0.15) is 5.26 Å². The van der Waals surface area contributed by atoms with Crippen LogP contribution in [0.5, 0.6) is 0 Å². The van der Waals surface area contributed by atoms with Crippen LogP contribution in [0, 0.1) is 11.3 Å². The molecule has 4 heteroatoms. The summed E-state index contributed by atoms with van der Waals surface area (Å²) in [5, 5.41) is 11.3. The van der Waals surface area contributed by atoms with Crippen LogP contribution in [0.4, 0.5) is 0 Å². The van der Waals surface area contributed by atoms with Crippen LogP contribution in [0.15, 0.2) is 0 Å². The third-order valence-electron chi connectivity index (χ3n) is 1.65. The second kappa shape index (κ2) is 2.89. The van der Waals surface area contributed by atoms with Gasteiger partial charge in [-0.1, -0.05) is 0 Å². The van der Waals surface area contributed by atoms with E-state index in [0.29, 0.717) is 19.6 Å². The van der Waals surface area contributed by atoms with Crippen molar-refractivity contribution in [2.45, 2.75) is 18.9 Å². The maximum Gasteiger partial charge on any atom is 0.218 e. The summed E-state index contributed by atoms with van der Waals surface area (Å²) in [5.74, 6) is -0.183. The lowest BCUT2D eigenvalue weighted by Crippen LogP contribution is -2.46. The molecule has 0 aromatic carbocycles. The van der Waals surface area contributed by atoms with Crippen molar-refractivity contribution >= 4 is 5.91 Å². The number of carbonyl (C=O) groups is 1. The van der Waals surface area contributed by atoms with Gasteiger partial charge >= 0.3 is 0 Å². The fraction of sp³-hybridized carbons (Fsp3) is 0.714. The van der Waals surface area contributed by atoms with Gasteiger partial charge in [-0.05, 0) is 0 Å². The largest absolute Gasteiger partial charge is 0.378 e. The third kappa shape index (κ3) is 1.69.